The van der Waals surface area contributed by atoms with Crippen LogP contribution >= 0.6 is 0 Å². The first-order valence-electron chi connectivity index (χ1n) is 5.53. The van der Waals surface area contributed by atoms with Gasteiger partial charge >= 0.3 is 0 Å². The van der Waals surface area contributed by atoms with E-state index >= 15 is 0 Å². The lowest BCUT2D eigenvalue weighted by Gasteiger charge is -2.11. The highest BCUT2D eigenvalue weighted by molar-refractivity contribution is 5.20. The summed E-state index contributed by atoms with van der Waals surface area (Å²) in [6.45, 7) is 4.33. The average molecular weight is 236 g/mol. The zero-order chi connectivity index (χ0) is 12.4. The molecule has 90 valence electrons. The average Bonchev–Trinajstić information content (AvgIpc) is 2.73. The Labute approximate surface area is 98.9 Å². The summed E-state index contributed by atoms with van der Waals surface area (Å²) in [5.41, 5.74) is 0.338. The Hall–Kier alpha value is -1.71. The van der Waals surface area contributed by atoms with E-state index in [4.69, 9.17) is 0 Å². The van der Waals surface area contributed by atoms with Crippen LogP contribution in [0.15, 0.2) is 30.6 Å². The van der Waals surface area contributed by atoms with Crippen molar-refractivity contribution >= 4 is 0 Å². The topological polar surface area (TPSA) is 17.8 Å². The maximum Gasteiger partial charge on any atom is 0.163 e. The molecule has 0 aliphatic rings. The van der Waals surface area contributed by atoms with Gasteiger partial charge in [-0.15, -0.1) is 0 Å². The zero-order valence-corrected chi connectivity index (χ0v) is 9.82. The third-order valence-electron chi connectivity index (χ3n) is 2.64. The quantitative estimate of drug-likeness (QED) is 0.799. The molecule has 2 rings (SSSR count). The van der Waals surface area contributed by atoms with Crippen LogP contribution in [0.2, 0.25) is 0 Å². The van der Waals surface area contributed by atoms with Crippen molar-refractivity contribution in [2.24, 2.45) is 0 Å². The second-order valence-corrected chi connectivity index (χ2v) is 4.28. The molecule has 0 unspecified atom stereocenters. The predicted octanol–water partition coefficient (Wildman–Crippen LogP) is 3.33. The van der Waals surface area contributed by atoms with Crippen molar-refractivity contribution in [3.8, 4) is 0 Å². The first kappa shape index (κ1) is 11.8. The molecule has 0 saturated carbocycles. The molecule has 2 nitrogen and oxygen atoms in total. The van der Waals surface area contributed by atoms with E-state index in [1.807, 2.05) is 18.4 Å². The van der Waals surface area contributed by atoms with E-state index in [2.05, 4.69) is 4.98 Å². The summed E-state index contributed by atoms with van der Waals surface area (Å²) >= 11 is 0. The molecule has 1 heterocycles. The Morgan fingerprint density at radius 3 is 2.76 bits per heavy atom. The highest BCUT2D eigenvalue weighted by Crippen LogP contribution is 2.17. The Bertz CT molecular complexity index is 518. The molecule has 0 N–H and O–H groups in total. The van der Waals surface area contributed by atoms with Crippen LogP contribution in [-0.4, -0.2) is 9.55 Å². The van der Waals surface area contributed by atoms with E-state index in [0.717, 1.165) is 11.9 Å². The molecule has 0 spiro atoms. The van der Waals surface area contributed by atoms with E-state index < -0.39 is 11.6 Å². The number of imidazole rings is 1. The molecule has 0 bridgehead atoms. The summed E-state index contributed by atoms with van der Waals surface area (Å²) in [4.78, 5) is 4.21. The Kier molecular flexibility index (Phi) is 3.22. The molecule has 0 atom stereocenters. The van der Waals surface area contributed by atoms with Crippen molar-refractivity contribution < 1.29 is 8.78 Å². The number of nitrogens with zero attached hydrogens (tertiary/aromatic N) is 2. The van der Waals surface area contributed by atoms with Gasteiger partial charge in [0, 0.05) is 23.9 Å². The van der Waals surface area contributed by atoms with Crippen molar-refractivity contribution in [2.45, 2.75) is 26.3 Å². The van der Waals surface area contributed by atoms with Gasteiger partial charge in [-0.2, -0.15) is 0 Å². The monoisotopic (exact) mass is 236 g/mol. The minimum absolute atomic E-state index is 0.252. The van der Waals surface area contributed by atoms with Crippen molar-refractivity contribution in [1.29, 1.82) is 0 Å². The smallest absolute Gasteiger partial charge is 0.163 e. The highest BCUT2D eigenvalue weighted by Gasteiger charge is 2.11. The van der Waals surface area contributed by atoms with Gasteiger partial charge in [-0.05, 0) is 6.07 Å². The van der Waals surface area contributed by atoms with Crippen LogP contribution < -0.4 is 0 Å². The summed E-state index contributed by atoms with van der Waals surface area (Å²) in [5.74, 6) is -0.472. The first-order valence-corrected chi connectivity index (χ1v) is 5.53. The van der Waals surface area contributed by atoms with E-state index in [0.29, 0.717) is 12.1 Å². The molecule has 1 aromatic heterocycles. The van der Waals surface area contributed by atoms with Crippen molar-refractivity contribution in [3.63, 3.8) is 0 Å². The minimum atomic E-state index is -0.811. The molecule has 0 fully saturated rings. The van der Waals surface area contributed by atoms with E-state index in [1.165, 1.54) is 6.07 Å². The summed E-state index contributed by atoms with van der Waals surface area (Å²) < 4.78 is 28.4. The summed E-state index contributed by atoms with van der Waals surface area (Å²) in [6.07, 6.45) is 3.45. The number of benzene rings is 1. The van der Waals surface area contributed by atoms with Crippen LogP contribution in [0.25, 0.3) is 0 Å². The van der Waals surface area contributed by atoms with Gasteiger partial charge in [0.15, 0.2) is 11.6 Å². The number of aromatic nitrogens is 2. The van der Waals surface area contributed by atoms with Gasteiger partial charge in [0.1, 0.15) is 5.82 Å². The second-order valence-electron chi connectivity index (χ2n) is 4.28. The number of hydrogen-bond donors (Lipinski definition) is 0. The van der Waals surface area contributed by atoms with Crippen molar-refractivity contribution in [3.05, 3.63) is 53.6 Å². The molecule has 2 aromatic rings. The van der Waals surface area contributed by atoms with E-state index in [9.17, 15) is 8.78 Å². The highest BCUT2D eigenvalue weighted by atomic mass is 19.2. The van der Waals surface area contributed by atoms with Gasteiger partial charge in [0.05, 0.1) is 6.54 Å². The van der Waals surface area contributed by atoms with Crippen LogP contribution in [-0.2, 0) is 6.54 Å². The third kappa shape index (κ3) is 2.35. The Morgan fingerprint density at radius 2 is 2.06 bits per heavy atom. The summed E-state index contributed by atoms with van der Waals surface area (Å²) in [5, 5.41) is 0. The van der Waals surface area contributed by atoms with Gasteiger partial charge in [-0.25, -0.2) is 13.8 Å². The zero-order valence-electron chi connectivity index (χ0n) is 9.82. The fourth-order valence-corrected chi connectivity index (χ4v) is 1.81. The number of rotatable bonds is 3. The third-order valence-corrected chi connectivity index (χ3v) is 2.64. The first-order chi connectivity index (χ1) is 8.09. The fraction of sp³-hybridized carbons (Fsp3) is 0.308. The van der Waals surface area contributed by atoms with E-state index in [-0.39, 0.29) is 5.92 Å². The summed E-state index contributed by atoms with van der Waals surface area (Å²) in [6, 6.07) is 4.22. The Morgan fingerprint density at radius 1 is 1.29 bits per heavy atom. The molecule has 0 aliphatic carbocycles. The van der Waals surface area contributed by atoms with Crippen LogP contribution in [0, 0.1) is 11.6 Å². The Balaban J connectivity index is 2.32. The largest absolute Gasteiger partial charge is 0.330 e. The normalized spacial score (nSPS) is 11.1. The van der Waals surface area contributed by atoms with Gasteiger partial charge in [0.25, 0.3) is 0 Å². The van der Waals surface area contributed by atoms with Crippen molar-refractivity contribution in [2.75, 3.05) is 0 Å². The maximum absolute atomic E-state index is 13.5. The van der Waals surface area contributed by atoms with Crippen LogP contribution in [0.4, 0.5) is 8.78 Å². The van der Waals surface area contributed by atoms with Gasteiger partial charge < -0.3 is 4.57 Å². The lowest BCUT2D eigenvalue weighted by molar-refractivity contribution is 0.493. The van der Waals surface area contributed by atoms with Gasteiger partial charge in [0.2, 0.25) is 0 Å². The van der Waals surface area contributed by atoms with Gasteiger partial charge in [-0.1, -0.05) is 26.0 Å². The lowest BCUT2D eigenvalue weighted by atomic mass is 10.1. The molecule has 1 aromatic carbocycles. The van der Waals surface area contributed by atoms with Crippen LogP contribution in [0.1, 0.15) is 31.2 Å². The number of hydrogen-bond acceptors (Lipinski definition) is 1. The van der Waals surface area contributed by atoms with Gasteiger partial charge in [-0.3, -0.25) is 0 Å². The molecule has 0 amide bonds. The summed E-state index contributed by atoms with van der Waals surface area (Å²) in [7, 11) is 0. The van der Waals surface area contributed by atoms with Crippen LogP contribution in [0.3, 0.4) is 0 Å². The van der Waals surface area contributed by atoms with Crippen molar-refractivity contribution in [1.82, 2.24) is 9.55 Å². The SMILES string of the molecule is CC(C)c1nccn1Cc1cccc(F)c1F. The molecule has 17 heavy (non-hydrogen) atoms. The molecule has 0 aliphatic heterocycles. The molecule has 0 radical (unpaired) electrons. The van der Waals surface area contributed by atoms with E-state index in [1.54, 1.807) is 18.5 Å². The van der Waals surface area contributed by atoms with Crippen LogP contribution in [0.5, 0.6) is 0 Å². The lowest BCUT2D eigenvalue weighted by Crippen LogP contribution is -2.07. The second kappa shape index (κ2) is 4.65. The predicted molar refractivity (Wildman–Crippen MR) is 61.8 cm³/mol. The standard InChI is InChI=1S/C13H14F2N2/c1-9(2)13-16-6-7-17(13)8-10-4-3-5-11(14)12(10)15/h3-7,9H,8H2,1-2H3. The minimum Gasteiger partial charge on any atom is -0.330 e. The molecule has 0 saturated heterocycles. The fourth-order valence-electron chi connectivity index (χ4n) is 1.81. The molecule has 4 heteroatoms. The maximum atomic E-state index is 13.5. The number of halogens is 2. The molecular weight excluding hydrogens is 222 g/mol. The molecular formula is C13H14F2N2.